The van der Waals surface area contributed by atoms with E-state index in [0.717, 1.165) is 0 Å². The third kappa shape index (κ3) is 4.59. The van der Waals surface area contributed by atoms with E-state index in [0.29, 0.717) is 53.2 Å². The highest BCUT2D eigenvalue weighted by Crippen LogP contribution is 2.29. The molecule has 1 amide bonds. The van der Waals surface area contributed by atoms with E-state index in [1.54, 1.807) is 35.2 Å². The van der Waals surface area contributed by atoms with Gasteiger partial charge in [0.2, 0.25) is 5.82 Å². The number of piperazine rings is 1. The van der Waals surface area contributed by atoms with Crippen molar-refractivity contribution in [3.8, 4) is 11.4 Å². The van der Waals surface area contributed by atoms with Crippen LogP contribution in [0.2, 0.25) is 10.0 Å². The third-order valence-electron chi connectivity index (χ3n) is 4.72. The summed E-state index contributed by atoms with van der Waals surface area (Å²) in [5.41, 5.74) is 0.649. The van der Waals surface area contributed by atoms with Crippen LogP contribution in [0.15, 0.2) is 41.1 Å². The molecule has 3 aromatic rings. The van der Waals surface area contributed by atoms with Gasteiger partial charge in [-0.15, -0.1) is 0 Å². The Labute approximate surface area is 184 Å². The summed E-state index contributed by atoms with van der Waals surface area (Å²) in [5.74, 6) is -1.18. The number of alkyl halides is 3. The van der Waals surface area contributed by atoms with Crippen molar-refractivity contribution >= 4 is 34.9 Å². The molecule has 162 valence electrons. The van der Waals surface area contributed by atoms with E-state index in [2.05, 4.69) is 19.6 Å². The van der Waals surface area contributed by atoms with Gasteiger partial charge in [0, 0.05) is 43.0 Å². The molecule has 4 rings (SSSR count). The zero-order valence-electron chi connectivity index (χ0n) is 15.7. The second-order valence-electron chi connectivity index (χ2n) is 6.73. The molecule has 2 aromatic heterocycles. The van der Waals surface area contributed by atoms with Crippen LogP contribution in [-0.2, 0) is 6.18 Å². The van der Waals surface area contributed by atoms with Crippen molar-refractivity contribution in [1.29, 1.82) is 0 Å². The van der Waals surface area contributed by atoms with Crippen LogP contribution in [0.3, 0.4) is 0 Å². The summed E-state index contributed by atoms with van der Waals surface area (Å²) in [7, 11) is 0. The lowest BCUT2D eigenvalue weighted by molar-refractivity contribution is -0.159. The molecular formula is C19H14Cl2F3N5O2. The molecule has 0 bridgehead atoms. The lowest BCUT2D eigenvalue weighted by Crippen LogP contribution is -2.49. The maximum atomic E-state index is 12.7. The fourth-order valence-electron chi connectivity index (χ4n) is 3.13. The van der Waals surface area contributed by atoms with E-state index >= 15 is 0 Å². The summed E-state index contributed by atoms with van der Waals surface area (Å²) in [6.45, 7) is 1.95. The van der Waals surface area contributed by atoms with E-state index in [9.17, 15) is 18.0 Å². The Balaban J connectivity index is 1.40. The average molecular weight is 472 g/mol. The van der Waals surface area contributed by atoms with Crippen molar-refractivity contribution in [2.75, 3.05) is 31.1 Å². The fraction of sp³-hybridized carbons (Fsp3) is 0.263. The maximum absolute atomic E-state index is 12.7. The molecule has 0 N–H and O–H groups in total. The molecular weight excluding hydrogens is 458 g/mol. The van der Waals surface area contributed by atoms with Crippen molar-refractivity contribution in [2.45, 2.75) is 6.18 Å². The topological polar surface area (TPSA) is 75.4 Å². The predicted octanol–water partition coefficient (Wildman–Crippen LogP) is 4.42. The van der Waals surface area contributed by atoms with E-state index < -0.39 is 12.1 Å². The van der Waals surface area contributed by atoms with Crippen molar-refractivity contribution in [3.05, 3.63) is 58.0 Å². The zero-order valence-corrected chi connectivity index (χ0v) is 17.2. The Morgan fingerprint density at radius 3 is 2.42 bits per heavy atom. The van der Waals surface area contributed by atoms with E-state index in [-0.39, 0.29) is 11.7 Å². The molecule has 31 heavy (non-hydrogen) atoms. The molecule has 1 aliphatic heterocycles. The number of pyridine rings is 1. The molecule has 0 aliphatic carbocycles. The van der Waals surface area contributed by atoms with Gasteiger partial charge in [0.15, 0.2) is 0 Å². The molecule has 1 saturated heterocycles. The first-order valence-electron chi connectivity index (χ1n) is 9.09. The van der Waals surface area contributed by atoms with Crippen LogP contribution in [0.5, 0.6) is 0 Å². The minimum atomic E-state index is -4.70. The smallest absolute Gasteiger partial charge is 0.353 e. The van der Waals surface area contributed by atoms with Gasteiger partial charge in [-0.25, -0.2) is 4.98 Å². The van der Waals surface area contributed by atoms with E-state index in [4.69, 9.17) is 23.2 Å². The lowest BCUT2D eigenvalue weighted by atomic mass is 10.1. The SMILES string of the molecule is O=C(c1cc(Cl)ccc1Cl)N1CCN(c2ccc(-c3noc(C(F)(F)F)n3)cn2)CC1. The van der Waals surface area contributed by atoms with Gasteiger partial charge in [-0.1, -0.05) is 28.4 Å². The maximum Gasteiger partial charge on any atom is 0.471 e. The number of halogens is 5. The number of anilines is 1. The van der Waals surface area contributed by atoms with Crippen molar-refractivity contribution in [3.63, 3.8) is 0 Å². The molecule has 0 radical (unpaired) electrons. The number of aromatic nitrogens is 3. The summed E-state index contributed by atoms with van der Waals surface area (Å²) >= 11 is 12.1. The second kappa shape index (κ2) is 8.35. The molecule has 0 atom stereocenters. The summed E-state index contributed by atoms with van der Waals surface area (Å²) in [6, 6.07) is 7.97. The number of carbonyl (C=O) groups is 1. The average Bonchev–Trinajstić information content (AvgIpc) is 3.26. The van der Waals surface area contributed by atoms with Gasteiger partial charge in [-0.3, -0.25) is 4.79 Å². The first kappa shape index (κ1) is 21.4. The van der Waals surface area contributed by atoms with Crippen LogP contribution in [0.4, 0.5) is 19.0 Å². The quantitative estimate of drug-likeness (QED) is 0.562. The van der Waals surface area contributed by atoms with Gasteiger partial charge in [0.25, 0.3) is 5.91 Å². The number of nitrogens with zero attached hydrogens (tertiary/aromatic N) is 5. The van der Waals surface area contributed by atoms with Gasteiger partial charge in [0.1, 0.15) is 5.82 Å². The predicted molar refractivity (Wildman–Crippen MR) is 107 cm³/mol. The zero-order chi connectivity index (χ0) is 22.2. The van der Waals surface area contributed by atoms with Crippen molar-refractivity contribution < 1.29 is 22.5 Å². The Morgan fingerprint density at radius 2 is 1.81 bits per heavy atom. The van der Waals surface area contributed by atoms with E-state index in [1.165, 1.54) is 6.20 Å². The Bertz CT molecular complexity index is 1100. The molecule has 3 heterocycles. The number of carbonyl (C=O) groups excluding carboxylic acids is 1. The van der Waals surface area contributed by atoms with Crippen LogP contribution < -0.4 is 4.90 Å². The van der Waals surface area contributed by atoms with Gasteiger partial charge >= 0.3 is 12.1 Å². The molecule has 1 fully saturated rings. The van der Waals surface area contributed by atoms with Gasteiger partial charge in [0.05, 0.1) is 10.6 Å². The Kier molecular flexibility index (Phi) is 5.76. The highest BCUT2D eigenvalue weighted by atomic mass is 35.5. The van der Waals surface area contributed by atoms with Gasteiger partial charge < -0.3 is 14.3 Å². The lowest BCUT2D eigenvalue weighted by Gasteiger charge is -2.35. The standard InChI is InChI=1S/C19H14Cl2F3N5O2/c20-12-2-3-14(21)13(9-12)17(30)29-7-5-28(6-8-29)15-4-1-11(10-25-15)16-26-18(31-27-16)19(22,23)24/h1-4,9-10H,5-8H2. The van der Waals surface area contributed by atoms with Gasteiger partial charge in [-0.2, -0.15) is 18.2 Å². The number of hydrogen-bond acceptors (Lipinski definition) is 6. The first-order chi connectivity index (χ1) is 14.7. The summed E-state index contributed by atoms with van der Waals surface area (Å²) in [5, 5.41) is 4.11. The molecule has 12 heteroatoms. The first-order valence-corrected chi connectivity index (χ1v) is 9.84. The summed E-state index contributed by atoms with van der Waals surface area (Å²) < 4.78 is 42.0. The highest BCUT2D eigenvalue weighted by molar-refractivity contribution is 6.35. The molecule has 0 spiro atoms. The Morgan fingerprint density at radius 1 is 1.06 bits per heavy atom. The number of rotatable bonds is 3. The molecule has 1 aromatic carbocycles. The summed E-state index contributed by atoms with van der Waals surface area (Å²) in [4.78, 5) is 24.0. The number of benzene rings is 1. The highest BCUT2D eigenvalue weighted by Gasteiger charge is 2.38. The van der Waals surface area contributed by atoms with Crippen LogP contribution in [0.25, 0.3) is 11.4 Å². The van der Waals surface area contributed by atoms with Crippen molar-refractivity contribution in [1.82, 2.24) is 20.0 Å². The van der Waals surface area contributed by atoms with Crippen LogP contribution in [0.1, 0.15) is 16.2 Å². The fourth-order valence-corrected chi connectivity index (χ4v) is 3.50. The minimum Gasteiger partial charge on any atom is -0.353 e. The molecule has 1 aliphatic rings. The van der Waals surface area contributed by atoms with Crippen LogP contribution in [-0.4, -0.2) is 52.1 Å². The number of amides is 1. The number of hydrogen-bond donors (Lipinski definition) is 0. The van der Waals surface area contributed by atoms with Crippen LogP contribution >= 0.6 is 23.2 Å². The molecule has 0 saturated carbocycles. The van der Waals surface area contributed by atoms with Gasteiger partial charge in [-0.05, 0) is 30.3 Å². The van der Waals surface area contributed by atoms with Crippen LogP contribution in [0, 0.1) is 0 Å². The minimum absolute atomic E-state index is 0.194. The molecule has 0 unspecified atom stereocenters. The Hall–Kier alpha value is -2.85. The van der Waals surface area contributed by atoms with E-state index in [1.807, 2.05) is 4.90 Å². The normalized spacial score (nSPS) is 14.7. The van der Waals surface area contributed by atoms with Crippen molar-refractivity contribution in [2.24, 2.45) is 0 Å². The third-order valence-corrected chi connectivity index (χ3v) is 5.29. The second-order valence-corrected chi connectivity index (χ2v) is 7.57. The summed E-state index contributed by atoms with van der Waals surface area (Å²) in [6.07, 6.45) is -3.32. The monoisotopic (exact) mass is 471 g/mol. The largest absolute Gasteiger partial charge is 0.471 e. The molecule has 7 nitrogen and oxygen atoms in total.